The first-order valence-corrected chi connectivity index (χ1v) is 1.50. The monoisotopic (exact) mass is 104 g/mol. The SMILES string of the molecule is C[C-](C)C.[Ar].[Li+]. The van der Waals surface area contributed by atoms with Crippen LogP contribution >= 0.6 is 0 Å². The molecule has 0 amide bonds. The molecule has 6 heavy (non-hydrogen) atoms. The van der Waals surface area contributed by atoms with Gasteiger partial charge in [-0.25, -0.2) is 0 Å². The smallest absolute Gasteiger partial charge is 0.323 e. The maximum Gasteiger partial charge on any atom is 1.00 e. The van der Waals surface area contributed by atoms with Crippen molar-refractivity contribution >= 4 is 0 Å². The van der Waals surface area contributed by atoms with Crippen LogP contribution in [0, 0.1) is 43.7 Å². The van der Waals surface area contributed by atoms with Gasteiger partial charge in [0.05, 0.1) is 0 Å². The number of hydrogen-bond acceptors (Lipinski definition) is 0. The summed E-state index contributed by atoms with van der Waals surface area (Å²) >= 11 is 0. The summed E-state index contributed by atoms with van der Waals surface area (Å²) in [4.78, 5) is 0. The molecule has 0 aromatic heterocycles. The topological polar surface area (TPSA) is 0 Å². The zero-order valence-electron chi connectivity index (χ0n) is 4.85. The van der Waals surface area contributed by atoms with Gasteiger partial charge < -0.3 is 5.92 Å². The molecule has 0 aliphatic heterocycles. The second-order valence-corrected chi connectivity index (χ2v) is 1.50. The molecule has 0 spiro atoms. The van der Waals surface area contributed by atoms with Crippen LogP contribution in [-0.4, -0.2) is 0 Å². The van der Waals surface area contributed by atoms with Gasteiger partial charge in [-0.1, -0.05) is 0 Å². The molecule has 0 aromatic carbocycles. The predicted molar refractivity (Wildman–Crippen MR) is 20.3 cm³/mol. The molecule has 0 fully saturated rings. The molecule has 0 aliphatic rings. The predicted octanol–water partition coefficient (Wildman–Crippen LogP) is -1.38. The van der Waals surface area contributed by atoms with E-state index in [-0.39, 0.29) is 56.6 Å². The quantitative estimate of drug-likeness (QED) is 0.262. The molecule has 0 unspecified atom stereocenters. The van der Waals surface area contributed by atoms with E-state index in [1.165, 1.54) is 5.92 Å². The van der Waals surface area contributed by atoms with E-state index >= 15 is 0 Å². The van der Waals surface area contributed by atoms with Crippen LogP contribution < -0.4 is 18.9 Å². The number of rotatable bonds is 0. The van der Waals surface area contributed by atoms with Gasteiger partial charge in [-0.3, -0.25) is 0 Å². The van der Waals surface area contributed by atoms with E-state index in [1.54, 1.807) is 0 Å². The van der Waals surface area contributed by atoms with E-state index in [1.807, 2.05) is 0 Å². The van der Waals surface area contributed by atoms with Crippen molar-refractivity contribution in [3.05, 3.63) is 5.92 Å². The van der Waals surface area contributed by atoms with Crippen molar-refractivity contribution in [2.75, 3.05) is 0 Å². The van der Waals surface area contributed by atoms with Crippen LogP contribution in [0.15, 0.2) is 0 Å². The molecule has 0 bridgehead atoms. The fourth-order valence-electron chi connectivity index (χ4n) is 0. The summed E-state index contributed by atoms with van der Waals surface area (Å²) in [5, 5.41) is 0. The fraction of sp³-hybridized carbons (Fsp3) is 0.750. The standard InChI is InChI=1S/C4H9.Ar.Li/c1-4(2)3;;/h1-3H3;;/q-1;;+1. The van der Waals surface area contributed by atoms with Gasteiger partial charge in [-0.2, -0.15) is 20.8 Å². The molecule has 0 radical (unpaired) electrons. The Hall–Kier alpha value is 1.86. The van der Waals surface area contributed by atoms with E-state index in [9.17, 15) is 0 Å². The van der Waals surface area contributed by atoms with Crippen LogP contribution in [0.2, 0.25) is 0 Å². The third-order valence-corrected chi connectivity index (χ3v) is 0. The van der Waals surface area contributed by atoms with Crippen LogP contribution in [0.1, 0.15) is 20.8 Å². The summed E-state index contributed by atoms with van der Waals surface area (Å²) < 4.78 is 0. The molecule has 0 nitrogen and oxygen atoms in total. The summed E-state index contributed by atoms with van der Waals surface area (Å²) in [6.45, 7) is 6.25. The van der Waals surface area contributed by atoms with Crippen molar-refractivity contribution in [1.82, 2.24) is 0 Å². The summed E-state index contributed by atoms with van der Waals surface area (Å²) in [5.74, 6) is 1.42. The van der Waals surface area contributed by atoms with Gasteiger partial charge in [0.1, 0.15) is 0 Å². The van der Waals surface area contributed by atoms with E-state index in [2.05, 4.69) is 20.8 Å². The third-order valence-electron chi connectivity index (χ3n) is 0. The average Bonchev–Trinajstić information content (AvgIpc) is 0.811. The molecule has 34 valence electrons. The van der Waals surface area contributed by atoms with E-state index < -0.39 is 0 Å². The average molecular weight is 104 g/mol. The molecule has 0 aromatic rings. The van der Waals surface area contributed by atoms with Crippen LogP contribution in [-0.2, 0) is 0 Å². The molecule has 0 N–H and O–H groups in total. The maximum atomic E-state index is 2.08. The molecule has 0 saturated heterocycles. The first kappa shape index (κ1) is 15.7. The molecule has 2 heteroatoms. The Bertz CT molecular complexity index is 12.3. The van der Waals surface area contributed by atoms with Crippen molar-refractivity contribution in [3.8, 4) is 0 Å². The van der Waals surface area contributed by atoms with Gasteiger partial charge in [0, 0.05) is 37.7 Å². The van der Waals surface area contributed by atoms with Gasteiger partial charge in [0.2, 0.25) is 0 Å². The van der Waals surface area contributed by atoms with Crippen LogP contribution in [0.5, 0.6) is 0 Å². The Labute approximate surface area is 82.2 Å². The maximum absolute atomic E-state index is 2.08. The normalized spacial score (nSPS) is 6.00. The van der Waals surface area contributed by atoms with E-state index in [0.29, 0.717) is 0 Å². The largest absolute Gasteiger partial charge is 1.00 e. The van der Waals surface area contributed by atoms with Crippen molar-refractivity contribution in [1.29, 1.82) is 0 Å². The Balaban J connectivity index is -0.0000000450. The van der Waals surface area contributed by atoms with Crippen LogP contribution in [0.25, 0.3) is 0 Å². The summed E-state index contributed by atoms with van der Waals surface area (Å²) in [7, 11) is 0. The fourth-order valence-corrected chi connectivity index (χ4v) is 0. The van der Waals surface area contributed by atoms with E-state index in [4.69, 9.17) is 0 Å². The molecule has 0 atom stereocenters. The zero-order valence-corrected chi connectivity index (χ0v) is 5.56. The Morgan fingerprint density at radius 1 is 1.00 bits per heavy atom. The van der Waals surface area contributed by atoms with Crippen molar-refractivity contribution in [2.45, 2.75) is 20.8 Å². The Morgan fingerprint density at radius 3 is 1.00 bits per heavy atom. The molecule has 0 saturated carbocycles. The minimum absolute atomic E-state index is 0. The minimum atomic E-state index is 0. The first-order chi connectivity index (χ1) is 1.73. The molecular weight excluding hydrogens is 94.9 g/mol. The van der Waals surface area contributed by atoms with Gasteiger partial charge in [0.15, 0.2) is 0 Å². The summed E-state index contributed by atoms with van der Waals surface area (Å²) in [6, 6.07) is 0. The van der Waals surface area contributed by atoms with Crippen molar-refractivity contribution in [3.63, 3.8) is 0 Å². The number of hydrogen-bond donors (Lipinski definition) is 0. The van der Waals surface area contributed by atoms with Gasteiger partial charge in [-0.15, -0.1) is 0 Å². The molecule has 0 rings (SSSR count). The van der Waals surface area contributed by atoms with Crippen molar-refractivity contribution in [2.24, 2.45) is 0 Å². The van der Waals surface area contributed by atoms with Gasteiger partial charge in [-0.05, 0) is 0 Å². The zero-order chi connectivity index (χ0) is 3.58. The van der Waals surface area contributed by atoms with Gasteiger partial charge in [0.25, 0.3) is 0 Å². The molecular formula is C4H9ArLi. The van der Waals surface area contributed by atoms with E-state index in [0.717, 1.165) is 0 Å². The first-order valence-electron chi connectivity index (χ1n) is 1.50. The van der Waals surface area contributed by atoms with Gasteiger partial charge >= 0.3 is 18.9 Å². The summed E-state index contributed by atoms with van der Waals surface area (Å²) in [6.07, 6.45) is 0. The molecule has 0 heterocycles. The van der Waals surface area contributed by atoms with Crippen molar-refractivity contribution < 1.29 is 56.6 Å². The van der Waals surface area contributed by atoms with Crippen LogP contribution in [0.3, 0.4) is 0 Å². The summed E-state index contributed by atoms with van der Waals surface area (Å²) in [5.41, 5.74) is 0. The second-order valence-electron chi connectivity index (χ2n) is 1.50. The Morgan fingerprint density at radius 2 is 1.00 bits per heavy atom. The Kier molecular flexibility index (Phi) is 26.0. The third kappa shape index (κ3) is 40.1. The second kappa shape index (κ2) is 9.97. The molecule has 0 aliphatic carbocycles. The minimum Gasteiger partial charge on any atom is -0.323 e. The van der Waals surface area contributed by atoms with Crippen LogP contribution in [0.4, 0.5) is 0 Å².